The highest BCUT2D eigenvalue weighted by molar-refractivity contribution is 8.52. The number of rotatable bonds is 4. The normalized spacial score (nSPS) is 12.1. The van der Waals surface area contributed by atoms with Gasteiger partial charge in [0.15, 0.2) is 0 Å². The third-order valence-corrected chi connectivity index (χ3v) is 4.18. The van der Waals surface area contributed by atoms with E-state index in [0.717, 1.165) is 4.90 Å². The van der Waals surface area contributed by atoms with E-state index in [2.05, 4.69) is 0 Å². The molecule has 0 spiro atoms. The van der Waals surface area contributed by atoms with E-state index >= 15 is 0 Å². The van der Waals surface area contributed by atoms with Crippen LogP contribution >= 0.6 is 19.0 Å². The Hall–Kier alpha value is -1.02. The fourth-order valence-corrected chi connectivity index (χ4v) is 3.24. The summed E-state index contributed by atoms with van der Waals surface area (Å²) < 4.78 is 5.40. The first kappa shape index (κ1) is 11.5. The van der Waals surface area contributed by atoms with Crippen molar-refractivity contribution in [3.05, 3.63) is 60.7 Å². The number of para-hydroxylation sites is 1. The number of hydrogen-bond donors (Lipinski definition) is 1. The largest absolute Gasteiger partial charge is 0.439 e. The molecule has 0 aromatic heterocycles. The molecule has 0 aliphatic carbocycles. The summed E-state index contributed by atoms with van der Waals surface area (Å²) in [5.74, 6) is 0.694. The highest BCUT2D eigenvalue weighted by Gasteiger charge is 2.09. The highest BCUT2D eigenvalue weighted by atomic mass is 32.7. The van der Waals surface area contributed by atoms with Gasteiger partial charge in [-0.15, -0.1) is 0 Å². The molecule has 16 heavy (non-hydrogen) atoms. The van der Waals surface area contributed by atoms with Gasteiger partial charge in [0.05, 0.1) is 0 Å². The number of benzene rings is 2. The standard InChI is InChI=1S/C12H11O2PS/c13-15(14-11-7-3-1-4-8-11)16-12-9-5-2-6-10-12/h1-10,13H. The van der Waals surface area contributed by atoms with Gasteiger partial charge >= 0.3 is 7.58 Å². The van der Waals surface area contributed by atoms with Crippen molar-refractivity contribution in [1.29, 1.82) is 0 Å². The van der Waals surface area contributed by atoms with Crippen molar-refractivity contribution in [2.24, 2.45) is 0 Å². The Kier molecular flexibility index (Phi) is 4.23. The molecule has 0 fully saturated rings. The molecule has 0 heterocycles. The van der Waals surface area contributed by atoms with Crippen LogP contribution in [0.2, 0.25) is 0 Å². The minimum atomic E-state index is -1.52. The van der Waals surface area contributed by atoms with Gasteiger partial charge in [0.25, 0.3) is 0 Å². The van der Waals surface area contributed by atoms with Crippen LogP contribution in [0.3, 0.4) is 0 Å². The van der Waals surface area contributed by atoms with E-state index < -0.39 is 7.58 Å². The van der Waals surface area contributed by atoms with Crippen LogP contribution < -0.4 is 4.52 Å². The van der Waals surface area contributed by atoms with Crippen molar-refractivity contribution in [2.75, 3.05) is 0 Å². The molecular formula is C12H11O2PS. The maximum atomic E-state index is 9.76. The molecule has 0 amide bonds. The average molecular weight is 250 g/mol. The van der Waals surface area contributed by atoms with Gasteiger partial charge in [0.2, 0.25) is 0 Å². The third-order valence-electron chi connectivity index (χ3n) is 1.85. The molecule has 0 bridgehead atoms. The third kappa shape index (κ3) is 3.53. The van der Waals surface area contributed by atoms with Crippen LogP contribution in [0, 0.1) is 0 Å². The summed E-state index contributed by atoms with van der Waals surface area (Å²) in [4.78, 5) is 10.8. The fraction of sp³-hybridized carbons (Fsp3) is 0. The van der Waals surface area contributed by atoms with Crippen LogP contribution in [0.15, 0.2) is 65.6 Å². The van der Waals surface area contributed by atoms with Crippen molar-refractivity contribution in [1.82, 2.24) is 0 Å². The molecule has 4 heteroatoms. The molecule has 2 rings (SSSR count). The predicted octanol–water partition coefficient (Wildman–Crippen LogP) is 4.08. The van der Waals surface area contributed by atoms with Crippen molar-refractivity contribution >= 4 is 19.0 Å². The van der Waals surface area contributed by atoms with E-state index in [9.17, 15) is 4.89 Å². The molecule has 0 aliphatic heterocycles. The Morgan fingerprint density at radius 3 is 2.06 bits per heavy atom. The van der Waals surface area contributed by atoms with Crippen LogP contribution in [0.1, 0.15) is 0 Å². The summed E-state index contributed by atoms with van der Waals surface area (Å²) in [5.41, 5.74) is 0. The van der Waals surface area contributed by atoms with Gasteiger partial charge in [-0.3, -0.25) is 0 Å². The molecule has 2 aromatic carbocycles. The van der Waals surface area contributed by atoms with Gasteiger partial charge in [0, 0.05) is 4.90 Å². The predicted molar refractivity (Wildman–Crippen MR) is 68.5 cm³/mol. The van der Waals surface area contributed by atoms with Gasteiger partial charge in [-0.2, -0.15) is 0 Å². The Bertz CT molecular complexity index is 380. The second kappa shape index (κ2) is 5.90. The molecule has 0 saturated heterocycles. The zero-order chi connectivity index (χ0) is 11.2. The lowest BCUT2D eigenvalue weighted by molar-refractivity contribution is 0.507. The SMILES string of the molecule is OP(Oc1ccccc1)Sc1ccccc1. The topological polar surface area (TPSA) is 29.5 Å². The van der Waals surface area contributed by atoms with E-state index in [1.165, 1.54) is 11.4 Å². The minimum absolute atomic E-state index is 0.694. The Morgan fingerprint density at radius 2 is 1.44 bits per heavy atom. The van der Waals surface area contributed by atoms with Crippen molar-refractivity contribution in [3.63, 3.8) is 0 Å². The lowest BCUT2D eigenvalue weighted by atomic mass is 10.3. The fourth-order valence-electron chi connectivity index (χ4n) is 1.16. The van der Waals surface area contributed by atoms with Crippen molar-refractivity contribution < 1.29 is 9.42 Å². The highest BCUT2D eigenvalue weighted by Crippen LogP contribution is 2.50. The number of hydrogen-bond acceptors (Lipinski definition) is 3. The summed E-state index contributed by atoms with van der Waals surface area (Å²) in [6, 6.07) is 19.1. The van der Waals surface area contributed by atoms with Crippen LogP contribution in [0.25, 0.3) is 0 Å². The van der Waals surface area contributed by atoms with Gasteiger partial charge in [-0.1, -0.05) is 36.4 Å². The van der Waals surface area contributed by atoms with Crippen molar-refractivity contribution in [2.45, 2.75) is 4.90 Å². The summed E-state index contributed by atoms with van der Waals surface area (Å²) >= 11 is 1.34. The van der Waals surface area contributed by atoms with Gasteiger partial charge in [0.1, 0.15) is 5.75 Å². The molecule has 1 unspecified atom stereocenters. The Labute approximate surface area is 99.9 Å². The van der Waals surface area contributed by atoms with Gasteiger partial charge in [-0.05, 0) is 35.6 Å². The molecule has 2 nitrogen and oxygen atoms in total. The van der Waals surface area contributed by atoms with Crippen LogP contribution in [-0.4, -0.2) is 4.89 Å². The van der Waals surface area contributed by atoms with Gasteiger partial charge < -0.3 is 9.42 Å². The van der Waals surface area contributed by atoms with Crippen molar-refractivity contribution in [3.8, 4) is 5.75 Å². The Balaban J connectivity index is 1.92. The first-order valence-electron chi connectivity index (χ1n) is 4.79. The second-order valence-electron chi connectivity index (χ2n) is 3.05. The van der Waals surface area contributed by atoms with E-state index in [4.69, 9.17) is 4.52 Å². The lowest BCUT2D eigenvalue weighted by Gasteiger charge is -2.10. The molecule has 0 saturated carbocycles. The summed E-state index contributed by atoms with van der Waals surface area (Å²) in [6.45, 7) is 0. The zero-order valence-electron chi connectivity index (χ0n) is 8.48. The maximum absolute atomic E-state index is 9.76. The van der Waals surface area contributed by atoms with Crippen LogP contribution in [0.4, 0.5) is 0 Å². The maximum Gasteiger partial charge on any atom is 0.301 e. The van der Waals surface area contributed by atoms with Crippen LogP contribution in [-0.2, 0) is 0 Å². The van der Waals surface area contributed by atoms with E-state index in [0.29, 0.717) is 5.75 Å². The smallest absolute Gasteiger partial charge is 0.301 e. The lowest BCUT2D eigenvalue weighted by Crippen LogP contribution is -1.82. The summed E-state index contributed by atoms with van der Waals surface area (Å²) in [7, 11) is -1.52. The molecule has 2 aromatic rings. The molecule has 0 aliphatic rings. The quantitative estimate of drug-likeness (QED) is 0.829. The van der Waals surface area contributed by atoms with Gasteiger partial charge in [-0.25, -0.2) is 0 Å². The molecule has 1 atom stereocenters. The molecule has 0 radical (unpaired) electrons. The zero-order valence-corrected chi connectivity index (χ0v) is 10.2. The summed E-state index contributed by atoms with van der Waals surface area (Å²) in [6.07, 6.45) is 0. The van der Waals surface area contributed by atoms with Crippen LogP contribution in [0.5, 0.6) is 5.75 Å². The molecule has 1 N–H and O–H groups in total. The first-order chi connectivity index (χ1) is 7.84. The first-order valence-corrected chi connectivity index (χ1v) is 7.43. The van der Waals surface area contributed by atoms with E-state index in [1.807, 2.05) is 60.7 Å². The average Bonchev–Trinajstić information content (AvgIpc) is 2.31. The van der Waals surface area contributed by atoms with E-state index in [-0.39, 0.29) is 0 Å². The molecule has 82 valence electrons. The Morgan fingerprint density at radius 1 is 0.875 bits per heavy atom. The molecular weight excluding hydrogens is 239 g/mol. The van der Waals surface area contributed by atoms with E-state index in [1.54, 1.807) is 0 Å². The monoisotopic (exact) mass is 250 g/mol. The minimum Gasteiger partial charge on any atom is -0.439 e. The summed E-state index contributed by atoms with van der Waals surface area (Å²) in [5, 5.41) is 0. The second-order valence-corrected chi connectivity index (χ2v) is 5.84.